The summed E-state index contributed by atoms with van der Waals surface area (Å²) in [5, 5.41) is 0. The molecule has 0 aliphatic carbocycles. The summed E-state index contributed by atoms with van der Waals surface area (Å²) in [6, 6.07) is 4.99. The number of halogens is 3. The van der Waals surface area contributed by atoms with Crippen LogP contribution in [-0.4, -0.2) is 23.0 Å². The van der Waals surface area contributed by atoms with Gasteiger partial charge in [0.1, 0.15) is 11.5 Å². The first-order chi connectivity index (χ1) is 8.93. The Morgan fingerprint density at radius 3 is 2.63 bits per heavy atom. The quantitative estimate of drug-likeness (QED) is 0.854. The van der Waals surface area contributed by atoms with Crippen LogP contribution in [0.15, 0.2) is 30.5 Å². The highest BCUT2D eigenvalue weighted by Crippen LogP contribution is 2.35. The lowest BCUT2D eigenvalue weighted by atomic mass is 10.1. The maximum Gasteiger partial charge on any atom is 0.417 e. The van der Waals surface area contributed by atoms with Crippen molar-refractivity contribution >= 4 is 5.97 Å². The van der Waals surface area contributed by atoms with Gasteiger partial charge in [-0.25, -0.2) is 9.78 Å². The molecule has 1 N–H and O–H groups in total. The first-order valence-electron chi connectivity index (χ1n) is 5.23. The molecule has 0 bridgehead atoms. The SMILES string of the molecule is COC(=O)c1cnc(-c2ccccc2C(F)(F)F)[nH]1. The second kappa shape index (κ2) is 4.75. The van der Waals surface area contributed by atoms with Gasteiger partial charge in [-0.2, -0.15) is 13.2 Å². The fourth-order valence-corrected chi connectivity index (χ4v) is 1.61. The number of benzene rings is 1. The average Bonchev–Trinajstić information content (AvgIpc) is 2.86. The van der Waals surface area contributed by atoms with Crippen molar-refractivity contribution in [2.45, 2.75) is 6.18 Å². The van der Waals surface area contributed by atoms with Gasteiger partial charge in [0.15, 0.2) is 0 Å². The van der Waals surface area contributed by atoms with Crippen LogP contribution in [0.2, 0.25) is 0 Å². The largest absolute Gasteiger partial charge is 0.464 e. The number of aromatic amines is 1. The van der Waals surface area contributed by atoms with Crippen molar-refractivity contribution in [1.82, 2.24) is 9.97 Å². The minimum absolute atomic E-state index is 0.00511. The summed E-state index contributed by atoms with van der Waals surface area (Å²) in [5.41, 5.74) is -0.944. The molecule has 0 aliphatic heterocycles. The maximum atomic E-state index is 12.8. The molecule has 7 heteroatoms. The molecule has 0 unspecified atom stereocenters. The first kappa shape index (κ1) is 13.1. The monoisotopic (exact) mass is 270 g/mol. The van der Waals surface area contributed by atoms with Crippen molar-refractivity contribution in [3.05, 3.63) is 41.7 Å². The predicted molar refractivity (Wildman–Crippen MR) is 60.4 cm³/mol. The molecule has 0 atom stereocenters. The van der Waals surface area contributed by atoms with Gasteiger partial charge in [-0.15, -0.1) is 0 Å². The number of methoxy groups -OCH3 is 1. The molecular weight excluding hydrogens is 261 g/mol. The van der Waals surface area contributed by atoms with Crippen LogP contribution in [0.4, 0.5) is 13.2 Å². The lowest BCUT2D eigenvalue weighted by Gasteiger charge is -2.10. The summed E-state index contributed by atoms with van der Waals surface area (Å²) in [6.07, 6.45) is -3.36. The van der Waals surface area contributed by atoms with Gasteiger partial charge >= 0.3 is 12.1 Å². The fraction of sp³-hybridized carbons (Fsp3) is 0.167. The molecule has 0 fully saturated rings. The van der Waals surface area contributed by atoms with Crippen LogP contribution >= 0.6 is 0 Å². The average molecular weight is 270 g/mol. The summed E-state index contributed by atoms with van der Waals surface area (Å²) in [7, 11) is 1.17. The minimum Gasteiger partial charge on any atom is -0.464 e. The van der Waals surface area contributed by atoms with E-state index in [-0.39, 0.29) is 17.1 Å². The van der Waals surface area contributed by atoms with Crippen molar-refractivity contribution in [3.8, 4) is 11.4 Å². The number of imidazole rings is 1. The summed E-state index contributed by atoms with van der Waals surface area (Å²) >= 11 is 0. The minimum atomic E-state index is -4.49. The Labute approximate surface area is 106 Å². The molecular formula is C12H9F3N2O2. The van der Waals surface area contributed by atoms with E-state index in [2.05, 4.69) is 14.7 Å². The van der Waals surface area contributed by atoms with Gasteiger partial charge in [-0.3, -0.25) is 0 Å². The lowest BCUT2D eigenvalue weighted by molar-refractivity contribution is -0.137. The van der Waals surface area contributed by atoms with Gasteiger partial charge < -0.3 is 9.72 Å². The van der Waals surface area contributed by atoms with Crippen LogP contribution in [0.5, 0.6) is 0 Å². The van der Waals surface area contributed by atoms with Crippen molar-refractivity contribution in [2.75, 3.05) is 7.11 Å². The second-order valence-electron chi connectivity index (χ2n) is 3.68. The third-order valence-corrected chi connectivity index (χ3v) is 2.47. The Morgan fingerprint density at radius 2 is 2.00 bits per heavy atom. The number of carbonyl (C=O) groups excluding carboxylic acids is 1. The van der Waals surface area contributed by atoms with Gasteiger partial charge in [0, 0.05) is 5.56 Å². The van der Waals surface area contributed by atoms with E-state index in [0.717, 1.165) is 12.3 Å². The Bertz CT molecular complexity index is 605. The molecule has 2 aromatic rings. The Hall–Kier alpha value is -2.31. The molecule has 100 valence electrons. The number of ether oxygens (including phenoxy) is 1. The standard InChI is InChI=1S/C12H9F3N2O2/c1-19-11(18)9-6-16-10(17-9)7-4-2-3-5-8(7)12(13,14)15/h2-6H,1H3,(H,16,17). The van der Waals surface area contributed by atoms with E-state index < -0.39 is 17.7 Å². The topological polar surface area (TPSA) is 55.0 Å². The molecule has 0 saturated heterocycles. The zero-order valence-electron chi connectivity index (χ0n) is 9.78. The third-order valence-electron chi connectivity index (χ3n) is 2.47. The number of nitrogens with zero attached hydrogens (tertiary/aromatic N) is 1. The summed E-state index contributed by atoms with van der Waals surface area (Å²) in [6.45, 7) is 0. The number of carbonyl (C=O) groups is 1. The number of rotatable bonds is 2. The summed E-state index contributed by atoms with van der Waals surface area (Å²) in [4.78, 5) is 17.5. The van der Waals surface area contributed by atoms with E-state index in [9.17, 15) is 18.0 Å². The highest BCUT2D eigenvalue weighted by Gasteiger charge is 2.34. The van der Waals surface area contributed by atoms with E-state index in [0.29, 0.717) is 0 Å². The lowest BCUT2D eigenvalue weighted by Crippen LogP contribution is -2.07. The number of hydrogen-bond donors (Lipinski definition) is 1. The Kier molecular flexibility index (Phi) is 3.28. The van der Waals surface area contributed by atoms with Crippen LogP contribution in [0.1, 0.15) is 16.1 Å². The van der Waals surface area contributed by atoms with Crippen LogP contribution in [-0.2, 0) is 10.9 Å². The van der Waals surface area contributed by atoms with E-state index in [1.807, 2.05) is 0 Å². The van der Waals surface area contributed by atoms with Crippen molar-refractivity contribution in [3.63, 3.8) is 0 Å². The fourth-order valence-electron chi connectivity index (χ4n) is 1.61. The van der Waals surface area contributed by atoms with Crippen LogP contribution in [0.25, 0.3) is 11.4 Å². The van der Waals surface area contributed by atoms with E-state index in [4.69, 9.17) is 0 Å². The Balaban J connectivity index is 2.48. The van der Waals surface area contributed by atoms with Crippen LogP contribution in [0.3, 0.4) is 0 Å². The van der Waals surface area contributed by atoms with Gasteiger partial charge in [-0.05, 0) is 6.07 Å². The molecule has 0 aliphatic rings. The smallest absolute Gasteiger partial charge is 0.417 e. The van der Waals surface area contributed by atoms with Gasteiger partial charge in [0.25, 0.3) is 0 Å². The molecule has 4 nitrogen and oxygen atoms in total. The molecule has 1 heterocycles. The number of esters is 1. The van der Waals surface area contributed by atoms with Crippen LogP contribution < -0.4 is 0 Å². The van der Waals surface area contributed by atoms with Crippen molar-refractivity contribution in [1.29, 1.82) is 0 Å². The predicted octanol–water partition coefficient (Wildman–Crippen LogP) is 2.88. The third kappa shape index (κ3) is 2.59. The number of nitrogens with one attached hydrogen (secondary N) is 1. The van der Waals surface area contributed by atoms with Crippen LogP contribution in [0, 0.1) is 0 Å². The van der Waals surface area contributed by atoms with E-state index in [1.54, 1.807) is 0 Å². The Morgan fingerprint density at radius 1 is 1.32 bits per heavy atom. The number of alkyl halides is 3. The summed E-state index contributed by atoms with van der Waals surface area (Å²) in [5.74, 6) is -0.725. The zero-order chi connectivity index (χ0) is 14.0. The second-order valence-corrected chi connectivity index (χ2v) is 3.68. The van der Waals surface area contributed by atoms with E-state index in [1.165, 1.54) is 25.3 Å². The zero-order valence-corrected chi connectivity index (χ0v) is 9.78. The van der Waals surface area contributed by atoms with Crippen molar-refractivity contribution < 1.29 is 22.7 Å². The molecule has 1 aromatic heterocycles. The summed E-state index contributed by atoms with van der Waals surface area (Å²) < 4.78 is 42.9. The maximum absolute atomic E-state index is 12.8. The molecule has 0 amide bonds. The van der Waals surface area contributed by atoms with Gasteiger partial charge in [0.2, 0.25) is 0 Å². The van der Waals surface area contributed by atoms with Gasteiger partial charge in [-0.1, -0.05) is 18.2 Å². The molecule has 19 heavy (non-hydrogen) atoms. The molecule has 0 radical (unpaired) electrons. The normalized spacial score (nSPS) is 11.4. The van der Waals surface area contributed by atoms with Crippen molar-refractivity contribution in [2.24, 2.45) is 0 Å². The highest BCUT2D eigenvalue weighted by atomic mass is 19.4. The highest BCUT2D eigenvalue weighted by molar-refractivity contribution is 5.87. The number of H-pyrrole nitrogens is 1. The van der Waals surface area contributed by atoms with E-state index >= 15 is 0 Å². The molecule has 1 aromatic carbocycles. The molecule has 2 rings (SSSR count). The number of hydrogen-bond acceptors (Lipinski definition) is 3. The molecule has 0 spiro atoms. The molecule has 0 saturated carbocycles. The number of aromatic nitrogens is 2. The first-order valence-corrected chi connectivity index (χ1v) is 5.23. The van der Waals surface area contributed by atoms with Gasteiger partial charge in [0.05, 0.1) is 18.9 Å².